The Hall–Kier alpha value is -1.42. The lowest BCUT2D eigenvalue weighted by molar-refractivity contribution is -0.133. The van der Waals surface area contributed by atoms with Gasteiger partial charge in [0.1, 0.15) is 6.61 Å². The molecule has 15 heavy (non-hydrogen) atoms. The van der Waals surface area contributed by atoms with Crippen LogP contribution < -0.4 is 0 Å². The van der Waals surface area contributed by atoms with Crippen molar-refractivity contribution in [2.24, 2.45) is 0 Å². The Labute approximate surface area is 89.9 Å². The molecule has 1 amide bonds. The third kappa shape index (κ3) is 4.08. The van der Waals surface area contributed by atoms with Gasteiger partial charge >= 0.3 is 0 Å². The summed E-state index contributed by atoms with van der Waals surface area (Å²) in [5, 5.41) is 0. The zero-order valence-corrected chi connectivity index (χ0v) is 9.14. The monoisotopic (exact) mass is 208 g/mol. The summed E-state index contributed by atoms with van der Waals surface area (Å²) >= 11 is 0. The molecule has 1 rings (SSSR count). The molecule has 1 heterocycles. The van der Waals surface area contributed by atoms with Crippen LogP contribution in [0.15, 0.2) is 24.4 Å². The Morgan fingerprint density at radius 2 is 2.33 bits per heavy atom. The van der Waals surface area contributed by atoms with Gasteiger partial charge in [-0.1, -0.05) is 6.07 Å². The fraction of sp³-hybridized carbons (Fsp3) is 0.455. The maximum atomic E-state index is 11.3. The van der Waals surface area contributed by atoms with Crippen molar-refractivity contribution in [3.8, 4) is 0 Å². The largest absolute Gasteiger partial charge is 0.375 e. The van der Waals surface area contributed by atoms with E-state index in [0.29, 0.717) is 6.54 Å². The second kappa shape index (κ2) is 6.14. The zero-order valence-electron chi connectivity index (χ0n) is 9.14. The molecule has 0 N–H and O–H groups in total. The third-order valence-corrected chi connectivity index (χ3v) is 2.12. The fourth-order valence-corrected chi connectivity index (χ4v) is 1.19. The van der Waals surface area contributed by atoms with Crippen LogP contribution >= 0.6 is 0 Å². The average Bonchev–Trinajstić information content (AvgIpc) is 2.27. The van der Waals surface area contributed by atoms with Crippen molar-refractivity contribution < 1.29 is 9.53 Å². The van der Waals surface area contributed by atoms with E-state index in [1.807, 2.05) is 18.2 Å². The molecule has 0 fully saturated rings. The van der Waals surface area contributed by atoms with E-state index >= 15 is 0 Å². The van der Waals surface area contributed by atoms with Crippen molar-refractivity contribution in [2.45, 2.75) is 6.42 Å². The standard InChI is InChI=1S/C11H16N2O2/c1-13(11(14)9-15-2)8-6-10-5-3-4-7-12-10/h3-5,7H,6,8-9H2,1-2H3. The summed E-state index contributed by atoms with van der Waals surface area (Å²) < 4.78 is 4.77. The first kappa shape index (κ1) is 11.7. The molecule has 0 radical (unpaired) electrons. The number of amides is 1. The maximum Gasteiger partial charge on any atom is 0.248 e. The van der Waals surface area contributed by atoms with E-state index in [2.05, 4.69) is 4.98 Å². The second-order valence-corrected chi connectivity index (χ2v) is 3.32. The first-order valence-electron chi connectivity index (χ1n) is 4.87. The van der Waals surface area contributed by atoms with Gasteiger partial charge in [-0.3, -0.25) is 9.78 Å². The van der Waals surface area contributed by atoms with E-state index in [1.54, 1.807) is 18.1 Å². The molecule has 1 aromatic heterocycles. The van der Waals surface area contributed by atoms with Crippen LogP contribution in [0.5, 0.6) is 0 Å². The van der Waals surface area contributed by atoms with Crippen molar-refractivity contribution in [1.82, 2.24) is 9.88 Å². The van der Waals surface area contributed by atoms with E-state index < -0.39 is 0 Å². The fourth-order valence-electron chi connectivity index (χ4n) is 1.19. The highest BCUT2D eigenvalue weighted by molar-refractivity contribution is 5.77. The summed E-state index contributed by atoms with van der Waals surface area (Å²) in [7, 11) is 3.29. The summed E-state index contributed by atoms with van der Waals surface area (Å²) in [6.07, 6.45) is 2.53. The van der Waals surface area contributed by atoms with Gasteiger partial charge < -0.3 is 9.64 Å². The molecule has 0 aliphatic rings. The predicted molar refractivity (Wildman–Crippen MR) is 57.5 cm³/mol. The summed E-state index contributed by atoms with van der Waals surface area (Å²) in [5.41, 5.74) is 0.995. The Kier molecular flexibility index (Phi) is 4.77. The molecule has 0 spiro atoms. The molecule has 0 unspecified atom stereocenters. The van der Waals surface area contributed by atoms with E-state index in [0.717, 1.165) is 12.1 Å². The van der Waals surface area contributed by atoms with E-state index in [9.17, 15) is 4.79 Å². The van der Waals surface area contributed by atoms with Crippen LogP contribution in [-0.4, -0.2) is 43.1 Å². The third-order valence-electron chi connectivity index (χ3n) is 2.12. The highest BCUT2D eigenvalue weighted by atomic mass is 16.5. The van der Waals surface area contributed by atoms with Gasteiger partial charge in [-0.25, -0.2) is 0 Å². The van der Waals surface area contributed by atoms with Crippen LogP contribution in [-0.2, 0) is 16.0 Å². The number of likely N-dealkylation sites (N-methyl/N-ethyl adjacent to an activating group) is 1. The minimum atomic E-state index is -0.00608. The first-order chi connectivity index (χ1) is 7.24. The lowest BCUT2D eigenvalue weighted by Gasteiger charge is -2.16. The van der Waals surface area contributed by atoms with Crippen molar-refractivity contribution in [1.29, 1.82) is 0 Å². The average molecular weight is 208 g/mol. The number of rotatable bonds is 5. The maximum absolute atomic E-state index is 11.3. The Bertz CT molecular complexity index is 301. The Morgan fingerprint density at radius 3 is 2.93 bits per heavy atom. The van der Waals surface area contributed by atoms with Gasteiger partial charge in [-0.15, -0.1) is 0 Å². The molecule has 0 atom stereocenters. The van der Waals surface area contributed by atoms with Crippen LogP contribution in [0.1, 0.15) is 5.69 Å². The van der Waals surface area contributed by atoms with Gasteiger partial charge in [-0.05, 0) is 12.1 Å². The lowest BCUT2D eigenvalue weighted by Crippen LogP contribution is -2.31. The number of aromatic nitrogens is 1. The quantitative estimate of drug-likeness (QED) is 0.716. The van der Waals surface area contributed by atoms with Crippen molar-refractivity contribution >= 4 is 5.91 Å². The molecular formula is C11H16N2O2. The Morgan fingerprint density at radius 1 is 1.53 bits per heavy atom. The smallest absolute Gasteiger partial charge is 0.248 e. The summed E-state index contributed by atoms with van der Waals surface area (Å²) in [6, 6.07) is 5.78. The molecule has 0 saturated heterocycles. The van der Waals surface area contributed by atoms with Crippen LogP contribution in [0.3, 0.4) is 0 Å². The number of carbonyl (C=O) groups is 1. The number of carbonyl (C=O) groups excluding carboxylic acids is 1. The van der Waals surface area contributed by atoms with Crippen molar-refractivity contribution in [3.05, 3.63) is 30.1 Å². The first-order valence-corrected chi connectivity index (χ1v) is 4.87. The summed E-state index contributed by atoms with van der Waals surface area (Å²) in [5.74, 6) is -0.00608. The van der Waals surface area contributed by atoms with Gasteiger partial charge in [0.25, 0.3) is 0 Å². The highest BCUT2D eigenvalue weighted by Gasteiger charge is 2.07. The van der Waals surface area contributed by atoms with Gasteiger partial charge in [0.15, 0.2) is 0 Å². The second-order valence-electron chi connectivity index (χ2n) is 3.32. The van der Waals surface area contributed by atoms with Gasteiger partial charge in [0.2, 0.25) is 5.91 Å². The normalized spacial score (nSPS) is 10.0. The molecule has 0 saturated carbocycles. The zero-order chi connectivity index (χ0) is 11.1. The van der Waals surface area contributed by atoms with Crippen molar-refractivity contribution in [3.63, 3.8) is 0 Å². The van der Waals surface area contributed by atoms with Gasteiger partial charge in [0.05, 0.1) is 0 Å². The van der Waals surface area contributed by atoms with Gasteiger partial charge in [-0.2, -0.15) is 0 Å². The van der Waals surface area contributed by atoms with E-state index in [-0.39, 0.29) is 12.5 Å². The minimum absolute atomic E-state index is 0.00608. The number of pyridine rings is 1. The van der Waals surface area contributed by atoms with Crippen LogP contribution in [0.4, 0.5) is 0 Å². The van der Waals surface area contributed by atoms with Crippen molar-refractivity contribution in [2.75, 3.05) is 27.3 Å². The summed E-state index contributed by atoms with van der Waals surface area (Å²) in [6.45, 7) is 0.803. The lowest BCUT2D eigenvalue weighted by atomic mass is 10.2. The molecule has 0 aliphatic heterocycles. The molecule has 82 valence electrons. The molecule has 0 bridgehead atoms. The molecule has 0 aromatic carbocycles. The van der Waals surface area contributed by atoms with Crippen LogP contribution in [0.2, 0.25) is 0 Å². The summed E-state index contributed by atoms with van der Waals surface area (Å²) in [4.78, 5) is 17.2. The van der Waals surface area contributed by atoms with E-state index in [4.69, 9.17) is 4.74 Å². The SMILES string of the molecule is COCC(=O)N(C)CCc1ccccn1. The number of nitrogens with zero attached hydrogens (tertiary/aromatic N) is 2. The molecule has 0 aliphatic carbocycles. The molecule has 4 nitrogen and oxygen atoms in total. The number of hydrogen-bond donors (Lipinski definition) is 0. The topological polar surface area (TPSA) is 42.4 Å². The Balaban J connectivity index is 2.34. The molecule has 4 heteroatoms. The van der Waals surface area contributed by atoms with E-state index in [1.165, 1.54) is 7.11 Å². The number of ether oxygens (including phenoxy) is 1. The highest BCUT2D eigenvalue weighted by Crippen LogP contribution is 1.96. The van der Waals surface area contributed by atoms with Crippen LogP contribution in [0, 0.1) is 0 Å². The van der Waals surface area contributed by atoms with Crippen LogP contribution in [0.25, 0.3) is 0 Å². The molecular weight excluding hydrogens is 192 g/mol. The minimum Gasteiger partial charge on any atom is -0.375 e. The molecule has 1 aromatic rings. The van der Waals surface area contributed by atoms with Gasteiger partial charge in [0, 0.05) is 39.0 Å². The number of methoxy groups -OCH3 is 1. The number of hydrogen-bond acceptors (Lipinski definition) is 3. The predicted octanol–water partition coefficient (Wildman–Crippen LogP) is 0.729.